The Bertz CT molecular complexity index is 213. The van der Waals surface area contributed by atoms with Crippen molar-refractivity contribution in [1.29, 1.82) is 0 Å². The van der Waals surface area contributed by atoms with Gasteiger partial charge in [-0.25, -0.2) is 4.98 Å². The van der Waals surface area contributed by atoms with Crippen LogP contribution in [-0.2, 0) is 6.54 Å². The standard InChI is InChI=1S/C9H16N2OS/c1-8(2-3-12)4-10-5-9-6-13-7-11-9/h6-8,10,12H,2-5H2,1H3. The van der Waals surface area contributed by atoms with E-state index in [9.17, 15) is 0 Å². The van der Waals surface area contributed by atoms with Crippen molar-refractivity contribution >= 4 is 11.3 Å². The minimum atomic E-state index is 0.277. The smallest absolute Gasteiger partial charge is 0.0795 e. The Morgan fingerprint density at radius 3 is 3.15 bits per heavy atom. The molecule has 0 aliphatic carbocycles. The van der Waals surface area contributed by atoms with Crippen LogP contribution in [0.5, 0.6) is 0 Å². The zero-order valence-electron chi connectivity index (χ0n) is 7.86. The second-order valence-electron chi connectivity index (χ2n) is 3.23. The number of aliphatic hydroxyl groups is 1. The molecule has 3 nitrogen and oxygen atoms in total. The van der Waals surface area contributed by atoms with E-state index < -0.39 is 0 Å². The molecule has 0 bridgehead atoms. The van der Waals surface area contributed by atoms with Crippen LogP contribution >= 0.6 is 11.3 Å². The highest BCUT2D eigenvalue weighted by Gasteiger charge is 2.00. The van der Waals surface area contributed by atoms with Crippen molar-refractivity contribution in [3.8, 4) is 0 Å². The summed E-state index contributed by atoms with van der Waals surface area (Å²) >= 11 is 1.62. The average molecular weight is 200 g/mol. The van der Waals surface area contributed by atoms with Gasteiger partial charge in [-0.1, -0.05) is 6.92 Å². The van der Waals surface area contributed by atoms with Crippen LogP contribution in [0.2, 0.25) is 0 Å². The van der Waals surface area contributed by atoms with Crippen LogP contribution in [0.4, 0.5) is 0 Å². The zero-order valence-corrected chi connectivity index (χ0v) is 8.68. The number of rotatable bonds is 6. The second kappa shape index (κ2) is 6.07. The molecule has 0 radical (unpaired) electrons. The Balaban J connectivity index is 2.07. The minimum Gasteiger partial charge on any atom is -0.396 e. The quantitative estimate of drug-likeness (QED) is 0.726. The van der Waals surface area contributed by atoms with E-state index in [-0.39, 0.29) is 6.61 Å². The van der Waals surface area contributed by atoms with Crippen LogP contribution in [0.15, 0.2) is 10.9 Å². The van der Waals surface area contributed by atoms with Crippen LogP contribution < -0.4 is 5.32 Å². The van der Waals surface area contributed by atoms with E-state index in [1.54, 1.807) is 11.3 Å². The Hall–Kier alpha value is -0.450. The molecule has 1 aromatic rings. The molecule has 1 atom stereocenters. The maximum absolute atomic E-state index is 8.68. The Morgan fingerprint density at radius 1 is 1.69 bits per heavy atom. The summed E-state index contributed by atoms with van der Waals surface area (Å²) in [6.45, 7) is 4.18. The molecular formula is C9H16N2OS. The average Bonchev–Trinajstić information content (AvgIpc) is 2.57. The molecule has 1 rings (SSSR count). The van der Waals surface area contributed by atoms with Gasteiger partial charge in [-0.15, -0.1) is 11.3 Å². The van der Waals surface area contributed by atoms with Crippen LogP contribution in [0, 0.1) is 5.92 Å². The largest absolute Gasteiger partial charge is 0.396 e. The van der Waals surface area contributed by atoms with Gasteiger partial charge in [0.05, 0.1) is 11.2 Å². The molecule has 0 saturated heterocycles. The van der Waals surface area contributed by atoms with Crippen LogP contribution in [-0.4, -0.2) is 23.2 Å². The predicted molar refractivity (Wildman–Crippen MR) is 54.7 cm³/mol. The summed E-state index contributed by atoms with van der Waals surface area (Å²) in [6.07, 6.45) is 0.865. The summed E-state index contributed by atoms with van der Waals surface area (Å²) in [5.41, 5.74) is 2.94. The van der Waals surface area contributed by atoms with Gasteiger partial charge < -0.3 is 10.4 Å². The zero-order chi connectivity index (χ0) is 9.52. The van der Waals surface area contributed by atoms with E-state index in [0.717, 1.165) is 25.2 Å². The van der Waals surface area contributed by atoms with Crippen molar-refractivity contribution in [2.24, 2.45) is 5.92 Å². The summed E-state index contributed by atoms with van der Waals surface area (Å²) in [5, 5.41) is 14.0. The van der Waals surface area contributed by atoms with Gasteiger partial charge in [-0.3, -0.25) is 0 Å². The third-order valence-electron chi connectivity index (χ3n) is 1.90. The first-order chi connectivity index (χ1) is 6.33. The van der Waals surface area contributed by atoms with Crippen molar-refractivity contribution in [3.63, 3.8) is 0 Å². The summed E-state index contributed by atoms with van der Waals surface area (Å²) in [6, 6.07) is 0. The molecule has 1 unspecified atom stereocenters. The molecule has 0 spiro atoms. The number of aromatic nitrogens is 1. The van der Waals surface area contributed by atoms with Crippen LogP contribution in [0.3, 0.4) is 0 Å². The van der Waals surface area contributed by atoms with Crippen LogP contribution in [0.25, 0.3) is 0 Å². The molecule has 4 heteroatoms. The lowest BCUT2D eigenvalue weighted by Crippen LogP contribution is -2.21. The molecule has 0 aliphatic rings. The number of nitrogens with one attached hydrogen (secondary N) is 1. The van der Waals surface area contributed by atoms with Gasteiger partial charge in [-0.2, -0.15) is 0 Å². The molecule has 0 saturated carbocycles. The van der Waals surface area contributed by atoms with E-state index >= 15 is 0 Å². The maximum Gasteiger partial charge on any atom is 0.0795 e. The summed E-state index contributed by atoms with van der Waals surface area (Å²) in [7, 11) is 0. The van der Waals surface area contributed by atoms with E-state index in [0.29, 0.717) is 5.92 Å². The van der Waals surface area contributed by atoms with Crippen molar-refractivity contribution in [2.45, 2.75) is 19.9 Å². The predicted octanol–water partition coefficient (Wildman–Crippen LogP) is 1.25. The number of nitrogens with zero attached hydrogens (tertiary/aromatic N) is 1. The molecule has 74 valence electrons. The number of aliphatic hydroxyl groups excluding tert-OH is 1. The summed E-state index contributed by atoms with van der Waals surface area (Å²) in [4.78, 5) is 4.17. The van der Waals surface area contributed by atoms with E-state index in [1.807, 2.05) is 10.9 Å². The van der Waals surface area contributed by atoms with E-state index in [4.69, 9.17) is 5.11 Å². The molecule has 0 amide bonds. The third kappa shape index (κ3) is 4.36. The van der Waals surface area contributed by atoms with E-state index in [1.165, 1.54) is 0 Å². The Morgan fingerprint density at radius 2 is 2.54 bits per heavy atom. The highest BCUT2D eigenvalue weighted by molar-refractivity contribution is 7.07. The number of thiazole rings is 1. The monoisotopic (exact) mass is 200 g/mol. The Labute approximate surface area is 82.8 Å². The first-order valence-electron chi connectivity index (χ1n) is 4.51. The topological polar surface area (TPSA) is 45.1 Å². The molecule has 0 aromatic carbocycles. The van der Waals surface area contributed by atoms with E-state index in [2.05, 4.69) is 17.2 Å². The van der Waals surface area contributed by atoms with Gasteiger partial charge in [0, 0.05) is 18.5 Å². The molecule has 0 fully saturated rings. The third-order valence-corrected chi connectivity index (χ3v) is 2.54. The minimum absolute atomic E-state index is 0.277. The fourth-order valence-electron chi connectivity index (χ4n) is 1.09. The first-order valence-corrected chi connectivity index (χ1v) is 5.46. The number of hydrogen-bond acceptors (Lipinski definition) is 4. The van der Waals surface area contributed by atoms with Crippen molar-refractivity contribution in [2.75, 3.05) is 13.2 Å². The van der Waals surface area contributed by atoms with Gasteiger partial charge in [0.2, 0.25) is 0 Å². The van der Waals surface area contributed by atoms with Gasteiger partial charge in [0.15, 0.2) is 0 Å². The lowest BCUT2D eigenvalue weighted by Gasteiger charge is -2.09. The fourth-order valence-corrected chi connectivity index (χ4v) is 1.65. The van der Waals surface area contributed by atoms with Gasteiger partial charge in [0.25, 0.3) is 0 Å². The maximum atomic E-state index is 8.68. The number of hydrogen-bond donors (Lipinski definition) is 2. The summed E-state index contributed by atoms with van der Waals surface area (Å²) in [5.74, 6) is 0.531. The molecule has 1 heterocycles. The highest BCUT2D eigenvalue weighted by Crippen LogP contribution is 2.02. The van der Waals surface area contributed by atoms with Crippen LogP contribution in [0.1, 0.15) is 19.0 Å². The second-order valence-corrected chi connectivity index (χ2v) is 3.95. The molecular weight excluding hydrogens is 184 g/mol. The highest BCUT2D eigenvalue weighted by atomic mass is 32.1. The van der Waals surface area contributed by atoms with Gasteiger partial charge in [-0.05, 0) is 18.9 Å². The molecule has 2 N–H and O–H groups in total. The van der Waals surface area contributed by atoms with Gasteiger partial charge >= 0.3 is 0 Å². The fraction of sp³-hybridized carbons (Fsp3) is 0.667. The Kier molecular flexibility index (Phi) is 4.97. The molecule has 13 heavy (non-hydrogen) atoms. The molecule has 1 aromatic heterocycles. The lowest BCUT2D eigenvalue weighted by molar-refractivity contribution is 0.260. The van der Waals surface area contributed by atoms with Crippen molar-refractivity contribution in [1.82, 2.24) is 10.3 Å². The molecule has 0 aliphatic heterocycles. The van der Waals surface area contributed by atoms with Crippen molar-refractivity contribution in [3.05, 3.63) is 16.6 Å². The SMILES string of the molecule is CC(CCO)CNCc1cscn1. The van der Waals surface area contributed by atoms with Gasteiger partial charge in [0.1, 0.15) is 0 Å². The lowest BCUT2D eigenvalue weighted by atomic mass is 10.1. The summed E-state index contributed by atoms with van der Waals surface area (Å²) < 4.78 is 0. The normalized spacial score (nSPS) is 13.1. The van der Waals surface area contributed by atoms with Crippen molar-refractivity contribution < 1.29 is 5.11 Å². The first kappa shape index (κ1) is 10.6.